The number of hydrogen-bond donors (Lipinski definition) is 1. The summed E-state index contributed by atoms with van der Waals surface area (Å²) >= 11 is 5.02. The Morgan fingerprint density at radius 1 is 1.50 bits per heavy atom. The van der Waals surface area contributed by atoms with Gasteiger partial charge in [0.25, 0.3) is 0 Å². The molecule has 6 heteroatoms. The van der Waals surface area contributed by atoms with Crippen LogP contribution in [0.3, 0.4) is 0 Å². The molecule has 80 valence electrons. The predicted octanol–water partition coefficient (Wildman–Crippen LogP) is 1.64. The number of nitrogens with one attached hydrogen (secondary N) is 1. The van der Waals surface area contributed by atoms with Gasteiger partial charge in [-0.05, 0) is 28.1 Å². The molecule has 1 aromatic rings. The van der Waals surface area contributed by atoms with Crippen LogP contribution in [0.4, 0.5) is 0 Å². The summed E-state index contributed by atoms with van der Waals surface area (Å²) in [6, 6.07) is 4.00. The number of rotatable bonds is 5. The van der Waals surface area contributed by atoms with Crippen LogP contribution in [0.15, 0.2) is 15.9 Å². The van der Waals surface area contributed by atoms with Gasteiger partial charge in [-0.3, -0.25) is 0 Å². The molecule has 14 heavy (non-hydrogen) atoms. The molecule has 0 atom stereocenters. The predicted molar refractivity (Wildman–Crippen MR) is 63.4 cm³/mol. The third-order valence-electron chi connectivity index (χ3n) is 1.58. The fraction of sp³-hybridized carbons (Fsp3) is 0.500. The maximum absolute atomic E-state index is 10.8. The number of hydrogen-bond acceptors (Lipinski definition) is 4. The van der Waals surface area contributed by atoms with E-state index < -0.39 is 9.84 Å². The van der Waals surface area contributed by atoms with Gasteiger partial charge in [0.05, 0.1) is 9.54 Å². The van der Waals surface area contributed by atoms with Crippen molar-refractivity contribution < 1.29 is 8.42 Å². The van der Waals surface area contributed by atoms with E-state index in [9.17, 15) is 8.42 Å². The van der Waals surface area contributed by atoms with Crippen LogP contribution in [-0.4, -0.2) is 27.0 Å². The van der Waals surface area contributed by atoms with Gasteiger partial charge in [0.15, 0.2) is 0 Å². The Hall–Kier alpha value is 0.0900. The van der Waals surface area contributed by atoms with Crippen LogP contribution in [0.25, 0.3) is 0 Å². The molecule has 1 N–H and O–H groups in total. The largest absolute Gasteiger partial charge is 0.311 e. The second-order valence-electron chi connectivity index (χ2n) is 3.01. The van der Waals surface area contributed by atoms with Crippen LogP contribution in [0, 0.1) is 0 Å². The van der Waals surface area contributed by atoms with Crippen LogP contribution in [0.5, 0.6) is 0 Å². The van der Waals surface area contributed by atoms with E-state index in [0.29, 0.717) is 6.54 Å². The summed E-state index contributed by atoms with van der Waals surface area (Å²) in [6.45, 7) is 1.24. The summed E-state index contributed by atoms with van der Waals surface area (Å²) in [6.07, 6.45) is 1.25. The van der Waals surface area contributed by atoms with Crippen LogP contribution in [0.1, 0.15) is 4.88 Å². The molecule has 0 unspecified atom stereocenters. The fourth-order valence-electron chi connectivity index (χ4n) is 0.916. The summed E-state index contributed by atoms with van der Waals surface area (Å²) < 4.78 is 22.7. The lowest BCUT2D eigenvalue weighted by molar-refractivity contribution is 0.596. The molecule has 0 bridgehead atoms. The molecule has 1 rings (SSSR count). The molecule has 0 radical (unpaired) electrons. The highest BCUT2D eigenvalue weighted by atomic mass is 79.9. The van der Waals surface area contributed by atoms with E-state index in [0.717, 1.165) is 10.3 Å². The molecule has 0 spiro atoms. The maximum atomic E-state index is 10.8. The van der Waals surface area contributed by atoms with Gasteiger partial charge < -0.3 is 5.32 Å². The maximum Gasteiger partial charge on any atom is 0.148 e. The molecule has 0 aromatic carbocycles. The summed E-state index contributed by atoms with van der Waals surface area (Å²) in [7, 11) is -2.84. The van der Waals surface area contributed by atoms with E-state index >= 15 is 0 Å². The number of halogens is 1. The Balaban J connectivity index is 2.23. The lowest BCUT2D eigenvalue weighted by atomic mass is 10.4. The van der Waals surface area contributed by atoms with Gasteiger partial charge in [-0.1, -0.05) is 0 Å². The van der Waals surface area contributed by atoms with Crippen molar-refractivity contribution in [2.24, 2.45) is 0 Å². The Bertz CT molecular complexity index is 386. The van der Waals surface area contributed by atoms with Crippen molar-refractivity contribution in [1.29, 1.82) is 0 Å². The molecule has 1 heterocycles. The van der Waals surface area contributed by atoms with E-state index in [2.05, 4.69) is 21.2 Å². The van der Waals surface area contributed by atoms with E-state index in [1.54, 1.807) is 11.3 Å². The molecule has 0 amide bonds. The Morgan fingerprint density at radius 2 is 2.21 bits per heavy atom. The summed E-state index contributed by atoms with van der Waals surface area (Å²) in [4.78, 5) is 1.20. The van der Waals surface area contributed by atoms with Gasteiger partial charge >= 0.3 is 0 Å². The molecule has 0 aliphatic rings. The second kappa shape index (κ2) is 5.25. The highest BCUT2D eigenvalue weighted by Crippen LogP contribution is 2.21. The first-order valence-corrected chi connectivity index (χ1v) is 7.77. The minimum atomic E-state index is -2.84. The first-order chi connectivity index (χ1) is 6.47. The van der Waals surface area contributed by atoms with Gasteiger partial charge in [-0.25, -0.2) is 8.42 Å². The summed E-state index contributed by atoms with van der Waals surface area (Å²) in [5, 5.41) is 3.08. The average Bonchev–Trinajstić information content (AvgIpc) is 2.44. The molecule has 3 nitrogen and oxygen atoms in total. The van der Waals surface area contributed by atoms with E-state index in [1.807, 2.05) is 12.1 Å². The zero-order valence-corrected chi connectivity index (χ0v) is 11.0. The molecule has 1 aromatic heterocycles. The van der Waals surface area contributed by atoms with Crippen molar-refractivity contribution in [3.05, 3.63) is 20.8 Å². The highest BCUT2D eigenvalue weighted by Gasteiger charge is 2.01. The first kappa shape index (κ1) is 12.2. The quantitative estimate of drug-likeness (QED) is 0.841. The zero-order valence-electron chi connectivity index (χ0n) is 7.79. The van der Waals surface area contributed by atoms with E-state index in [1.165, 1.54) is 11.1 Å². The van der Waals surface area contributed by atoms with E-state index in [4.69, 9.17) is 0 Å². The molecule has 0 aliphatic carbocycles. The van der Waals surface area contributed by atoms with Crippen LogP contribution >= 0.6 is 27.3 Å². The Kier molecular flexibility index (Phi) is 4.56. The molecular formula is C8H12BrNO2S2. The molecule has 0 fully saturated rings. The van der Waals surface area contributed by atoms with Crippen molar-refractivity contribution in [2.75, 3.05) is 18.6 Å². The van der Waals surface area contributed by atoms with Crippen LogP contribution in [0.2, 0.25) is 0 Å². The third kappa shape index (κ3) is 5.09. The fourth-order valence-corrected chi connectivity index (χ4v) is 2.88. The highest BCUT2D eigenvalue weighted by molar-refractivity contribution is 9.11. The van der Waals surface area contributed by atoms with Gasteiger partial charge in [0.1, 0.15) is 9.84 Å². The topological polar surface area (TPSA) is 46.2 Å². The van der Waals surface area contributed by atoms with Crippen molar-refractivity contribution in [2.45, 2.75) is 6.54 Å². The van der Waals surface area contributed by atoms with Crippen molar-refractivity contribution in [3.8, 4) is 0 Å². The lowest BCUT2D eigenvalue weighted by Crippen LogP contribution is -2.21. The average molecular weight is 298 g/mol. The molecule has 0 aliphatic heterocycles. The second-order valence-corrected chi connectivity index (χ2v) is 7.82. The minimum Gasteiger partial charge on any atom is -0.311 e. The van der Waals surface area contributed by atoms with Gasteiger partial charge in [-0.2, -0.15) is 0 Å². The van der Waals surface area contributed by atoms with Crippen molar-refractivity contribution >= 4 is 37.1 Å². The van der Waals surface area contributed by atoms with Gasteiger partial charge in [0.2, 0.25) is 0 Å². The summed E-state index contributed by atoms with van der Waals surface area (Å²) in [5.41, 5.74) is 0. The molecular weight excluding hydrogens is 286 g/mol. The lowest BCUT2D eigenvalue weighted by Gasteiger charge is -2.00. The number of sulfone groups is 1. The molecule has 0 saturated heterocycles. The normalized spacial score (nSPS) is 11.9. The van der Waals surface area contributed by atoms with Crippen molar-refractivity contribution in [3.63, 3.8) is 0 Å². The Labute approximate surface area is 96.6 Å². The van der Waals surface area contributed by atoms with E-state index in [-0.39, 0.29) is 5.75 Å². The number of thiophene rings is 1. The first-order valence-electron chi connectivity index (χ1n) is 4.10. The van der Waals surface area contributed by atoms with Crippen LogP contribution < -0.4 is 5.32 Å². The third-order valence-corrected chi connectivity index (χ3v) is 4.15. The monoisotopic (exact) mass is 297 g/mol. The van der Waals surface area contributed by atoms with Crippen LogP contribution in [-0.2, 0) is 16.4 Å². The van der Waals surface area contributed by atoms with Gasteiger partial charge in [-0.15, -0.1) is 11.3 Å². The summed E-state index contributed by atoms with van der Waals surface area (Å²) in [5.74, 6) is 0.194. The Morgan fingerprint density at radius 3 is 2.71 bits per heavy atom. The minimum absolute atomic E-state index is 0.194. The standard InChI is InChI=1S/C8H12BrNO2S2/c1-14(11,12)5-4-10-6-7-2-3-8(9)13-7/h2-3,10H,4-6H2,1H3. The van der Waals surface area contributed by atoms with Gasteiger partial charge in [0, 0.05) is 24.2 Å². The zero-order chi connectivity index (χ0) is 10.6. The SMILES string of the molecule is CS(=O)(=O)CCNCc1ccc(Br)s1. The molecule has 0 saturated carbocycles. The van der Waals surface area contributed by atoms with Crippen molar-refractivity contribution in [1.82, 2.24) is 5.32 Å². The smallest absolute Gasteiger partial charge is 0.148 e.